The predicted molar refractivity (Wildman–Crippen MR) is 50.0 cm³/mol. The molecule has 1 unspecified atom stereocenters. The molecule has 0 radical (unpaired) electrons. The molecule has 1 aliphatic heterocycles. The maximum Gasteiger partial charge on any atom is 0.417 e. The van der Waals surface area contributed by atoms with E-state index in [0.717, 1.165) is 0 Å². The Hall–Kier alpha value is -1.04. The van der Waals surface area contributed by atoms with Crippen LogP contribution in [0.25, 0.3) is 0 Å². The second-order valence-electron chi connectivity index (χ2n) is 2.68. The Balaban J connectivity index is 2.14. The van der Waals surface area contributed by atoms with Crippen molar-refractivity contribution in [3.05, 3.63) is 12.4 Å². The van der Waals surface area contributed by atoms with Crippen LogP contribution in [0.4, 0.5) is 10.7 Å². The number of nitrogens with zero attached hydrogens (tertiary/aromatic N) is 2. The Morgan fingerprint density at radius 2 is 2.69 bits per heavy atom. The molecular formula is C7H8BrN3O2. The lowest BCUT2D eigenvalue weighted by Gasteiger charge is -2.07. The number of amides is 1. The van der Waals surface area contributed by atoms with Gasteiger partial charge < -0.3 is 9.72 Å². The topological polar surface area (TPSA) is 58.2 Å². The molecule has 1 fully saturated rings. The summed E-state index contributed by atoms with van der Waals surface area (Å²) in [5.41, 5.74) is 0. The number of hydrogen-bond acceptors (Lipinski definition) is 3. The van der Waals surface area contributed by atoms with E-state index in [1.165, 1.54) is 4.90 Å². The third-order valence-corrected chi connectivity index (χ3v) is 2.51. The fourth-order valence-electron chi connectivity index (χ4n) is 1.18. The van der Waals surface area contributed by atoms with Crippen LogP contribution in [0.15, 0.2) is 12.4 Å². The van der Waals surface area contributed by atoms with Gasteiger partial charge in [-0.15, -0.1) is 0 Å². The number of aromatic nitrogens is 2. The molecule has 0 bridgehead atoms. The van der Waals surface area contributed by atoms with Gasteiger partial charge in [0, 0.05) is 17.7 Å². The summed E-state index contributed by atoms with van der Waals surface area (Å²) in [4.78, 5) is 19.6. The Labute approximate surface area is 83.2 Å². The van der Waals surface area contributed by atoms with Crippen molar-refractivity contribution in [2.45, 2.75) is 6.10 Å². The minimum atomic E-state index is -0.348. The Morgan fingerprint density at radius 3 is 3.23 bits per heavy atom. The Kier molecular flexibility index (Phi) is 2.22. The number of hydrogen-bond donors (Lipinski definition) is 1. The van der Waals surface area contributed by atoms with E-state index in [2.05, 4.69) is 25.9 Å². The number of nitrogens with one attached hydrogen (secondary N) is 1. The smallest absolute Gasteiger partial charge is 0.417 e. The molecule has 1 amide bonds. The average Bonchev–Trinajstić information content (AvgIpc) is 2.72. The van der Waals surface area contributed by atoms with Crippen molar-refractivity contribution in [3.63, 3.8) is 0 Å². The molecule has 6 heteroatoms. The highest BCUT2D eigenvalue weighted by atomic mass is 79.9. The second kappa shape index (κ2) is 3.37. The zero-order valence-electron chi connectivity index (χ0n) is 6.74. The van der Waals surface area contributed by atoms with Crippen molar-refractivity contribution in [2.24, 2.45) is 0 Å². The summed E-state index contributed by atoms with van der Waals surface area (Å²) in [6.45, 7) is 0.539. The standard InChI is InChI=1S/C7H8BrN3O2/c8-3-5-4-11(7(12)13-5)6-9-1-2-10-6/h1-2,5H,3-4H2,(H,9,10). The largest absolute Gasteiger partial charge is 0.443 e. The molecule has 1 saturated heterocycles. The Bertz CT molecular complexity index is 301. The summed E-state index contributed by atoms with van der Waals surface area (Å²) in [5.74, 6) is 0.536. The molecule has 1 aromatic rings. The van der Waals surface area contributed by atoms with E-state index in [-0.39, 0.29) is 12.2 Å². The zero-order valence-corrected chi connectivity index (χ0v) is 8.32. The summed E-state index contributed by atoms with van der Waals surface area (Å²) >= 11 is 3.26. The van der Waals surface area contributed by atoms with Gasteiger partial charge >= 0.3 is 6.09 Å². The van der Waals surface area contributed by atoms with Crippen LogP contribution in [0, 0.1) is 0 Å². The monoisotopic (exact) mass is 245 g/mol. The normalized spacial score (nSPS) is 22.1. The number of carbonyl (C=O) groups excluding carboxylic acids is 1. The molecule has 2 rings (SSSR count). The molecule has 0 saturated carbocycles. The third kappa shape index (κ3) is 1.53. The minimum absolute atomic E-state index is 0.0856. The van der Waals surface area contributed by atoms with Gasteiger partial charge in [0.25, 0.3) is 0 Å². The number of aromatic amines is 1. The average molecular weight is 246 g/mol. The van der Waals surface area contributed by atoms with Crippen molar-refractivity contribution in [1.82, 2.24) is 9.97 Å². The number of cyclic esters (lactones) is 1. The molecule has 1 aromatic heterocycles. The first-order valence-electron chi connectivity index (χ1n) is 3.84. The summed E-state index contributed by atoms with van der Waals surface area (Å²) in [6, 6.07) is 0. The second-order valence-corrected chi connectivity index (χ2v) is 3.33. The minimum Gasteiger partial charge on any atom is -0.443 e. The van der Waals surface area contributed by atoms with E-state index in [1.54, 1.807) is 12.4 Å². The maximum atomic E-state index is 11.3. The van der Waals surface area contributed by atoms with Crippen LogP contribution in [0.3, 0.4) is 0 Å². The van der Waals surface area contributed by atoms with Gasteiger partial charge in [-0.05, 0) is 0 Å². The van der Waals surface area contributed by atoms with Crippen LogP contribution in [0.1, 0.15) is 0 Å². The van der Waals surface area contributed by atoms with E-state index in [1.807, 2.05) is 0 Å². The third-order valence-electron chi connectivity index (χ3n) is 1.79. The van der Waals surface area contributed by atoms with Gasteiger partial charge in [-0.25, -0.2) is 14.7 Å². The van der Waals surface area contributed by atoms with Crippen LogP contribution in [-0.2, 0) is 4.74 Å². The number of ether oxygens (including phenoxy) is 1. The van der Waals surface area contributed by atoms with Crippen molar-refractivity contribution in [3.8, 4) is 0 Å². The maximum absolute atomic E-state index is 11.3. The lowest BCUT2D eigenvalue weighted by Crippen LogP contribution is -2.25. The van der Waals surface area contributed by atoms with Crippen molar-refractivity contribution < 1.29 is 9.53 Å². The number of imidazole rings is 1. The number of halogens is 1. The molecule has 1 N–H and O–H groups in total. The van der Waals surface area contributed by atoms with Crippen molar-refractivity contribution in [2.75, 3.05) is 16.8 Å². The first-order valence-corrected chi connectivity index (χ1v) is 4.97. The van der Waals surface area contributed by atoms with E-state index < -0.39 is 0 Å². The first-order chi connectivity index (χ1) is 6.31. The van der Waals surface area contributed by atoms with E-state index in [0.29, 0.717) is 17.8 Å². The molecule has 1 atom stereocenters. The number of carbonyl (C=O) groups is 1. The van der Waals surface area contributed by atoms with Gasteiger partial charge in [0.05, 0.1) is 6.54 Å². The van der Waals surface area contributed by atoms with Crippen molar-refractivity contribution in [1.29, 1.82) is 0 Å². The van der Waals surface area contributed by atoms with Gasteiger partial charge in [-0.2, -0.15) is 0 Å². The quantitative estimate of drug-likeness (QED) is 0.795. The summed E-state index contributed by atoms with van der Waals surface area (Å²) in [7, 11) is 0. The summed E-state index contributed by atoms with van der Waals surface area (Å²) in [5, 5.41) is 0.649. The van der Waals surface area contributed by atoms with Crippen LogP contribution >= 0.6 is 15.9 Å². The van der Waals surface area contributed by atoms with Gasteiger partial charge in [-0.1, -0.05) is 15.9 Å². The molecule has 2 heterocycles. The van der Waals surface area contributed by atoms with E-state index >= 15 is 0 Å². The zero-order chi connectivity index (χ0) is 9.26. The van der Waals surface area contributed by atoms with Crippen LogP contribution in [0.2, 0.25) is 0 Å². The molecule has 0 aliphatic carbocycles. The number of rotatable bonds is 2. The fourth-order valence-corrected chi connectivity index (χ4v) is 1.52. The van der Waals surface area contributed by atoms with Crippen LogP contribution < -0.4 is 4.90 Å². The highest BCUT2D eigenvalue weighted by Gasteiger charge is 2.32. The molecule has 5 nitrogen and oxygen atoms in total. The summed E-state index contributed by atoms with van der Waals surface area (Å²) in [6.07, 6.45) is 2.84. The SMILES string of the molecule is O=C1OC(CBr)CN1c1ncc[nH]1. The highest BCUT2D eigenvalue weighted by Crippen LogP contribution is 2.17. The van der Waals surface area contributed by atoms with Crippen molar-refractivity contribution >= 4 is 28.0 Å². The lowest BCUT2D eigenvalue weighted by atomic mass is 10.4. The van der Waals surface area contributed by atoms with Crippen LogP contribution in [-0.4, -0.2) is 34.0 Å². The fraction of sp³-hybridized carbons (Fsp3) is 0.429. The number of H-pyrrole nitrogens is 1. The molecule has 1 aliphatic rings. The number of alkyl halides is 1. The summed E-state index contributed by atoms with van der Waals surface area (Å²) < 4.78 is 5.03. The molecule has 13 heavy (non-hydrogen) atoms. The first kappa shape index (κ1) is 8.55. The molecule has 70 valence electrons. The highest BCUT2D eigenvalue weighted by molar-refractivity contribution is 9.09. The predicted octanol–water partition coefficient (Wildman–Crippen LogP) is 1.13. The Morgan fingerprint density at radius 1 is 1.85 bits per heavy atom. The molecule has 0 aromatic carbocycles. The lowest BCUT2D eigenvalue weighted by molar-refractivity contribution is 0.152. The molecule has 0 spiro atoms. The van der Waals surface area contributed by atoms with Gasteiger partial charge in [0.1, 0.15) is 6.10 Å². The van der Waals surface area contributed by atoms with E-state index in [4.69, 9.17) is 4.74 Å². The van der Waals surface area contributed by atoms with Gasteiger partial charge in [-0.3, -0.25) is 0 Å². The van der Waals surface area contributed by atoms with Gasteiger partial charge in [0.15, 0.2) is 0 Å². The van der Waals surface area contributed by atoms with E-state index in [9.17, 15) is 4.79 Å². The van der Waals surface area contributed by atoms with Gasteiger partial charge in [0.2, 0.25) is 5.95 Å². The number of anilines is 1. The van der Waals surface area contributed by atoms with Crippen LogP contribution in [0.5, 0.6) is 0 Å². The molecular weight excluding hydrogens is 238 g/mol.